The van der Waals surface area contributed by atoms with Gasteiger partial charge < -0.3 is 10.6 Å². The van der Waals surface area contributed by atoms with Gasteiger partial charge in [-0.15, -0.1) is 0 Å². The molecule has 118 valence electrons. The fraction of sp³-hybridized carbons (Fsp3) is 0.368. The molecule has 1 atom stereocenters. The summed E-state index contributed by atoms with van der Waals surface area (Å²) in [6.45, 7) is 3.15. The predicted octanol–water partition coefficient (Wildman–Crippen LogP) is 2.70. The first-order chi connectivity index (χ1) is 11.2. The Morgan fingerprint density at radius 1 is 1.30 bits per heavy atom. The maximum atomic E-state index is 6.38. The molecule has 0 saturated carbocycles. The molecule has 1 fully saturated rings. The Kier molecular flexibility index (Phi) is 3.42. The molecule has 1 unspecified atom stereocenters. The zero-order chi connectivity index (χ0) is 15.9. The van der Waals surface area contributed by atoms with Crippen molar-refractivity contribution in [1.29, 1.82) is 0 Å². The zero-order valence-corrected chi connectivity index (χ0v) is 13.5. The van der Waals surface area contributed by atoms with Crippen LogP contribution in [0.5, 0.6) is 0 Å². The van der Waals surface area contributed by atoms with Crippen LogP contribution in [0.25, 0.3) is 16.6 Å². The highest BCUT2D eigenvalue weighted by atomic mass is 15.1. The monoisotopic (exact) mass is 306 g/mol. The van der Waals surface area contributed by atoms with E-state index >= 15 is 0 Å². The number of aromatic nitrogens is 1. The molecule has 0 radical (unpaired) electrons. The number of benzene rings is 1. The Morgan fingerprint density at radius 3 is 3.00 bits per heavy atom. The molecule has 1 aromatic carbocycles. The lowest BCUT2D eigenvalue weighted by atomic mass is 9.80. The van der Waals surface area contributed by atoms with Crippen molar-refractivity contribution in [2.24, 2.45) is 16.1 Å². The number of nitrogens with zero attached hydrogens (tertiary/aromatic N) is 3. The number of nitrogens with two attached hydrogens (primary N) is 1. The number of fused-ring (bicyclic) bond motifs is 1. The molecule has 2 aromatic rings. The minimum Gasteiger partial charge on any atom is -0.398 e. The molecule has 3 heterocycles. The van der Waals surface area contributed by atoms with Gasteiger partial charge in [0.25, 0.3) is 0 Å². The molecule has 2 aliphatic heterocycles. The molecular formula is C19H22N4. The van der Waals surface area contributed by atoms with Crippen LogP contribution in [0.15, 0.2) is 47.6 Å². The minimum atomic E-state index is 0.212. The van der Waals surface area contributed by atoms with Crippen molar-refractivity contribution < 1.29 is 0 Å². The molecule has 1 aromatic heterocycles. The minimum absolute atomic E-state index is 0.212. The van der Waals surface area contributed by atoms with E-state index in [-0.39, 0.29) is 5.41 Å². The fourth-order valence-electron chi connectivity index (χ4n) is 3.84. The third-order valence-electron chi connectivity index (χ3n) is 5.18. The highest BCUT2D eigenvalue weighted by molar-refractivity contribution is 6.05. The summed E-state index contributed by atoms with van der Waals surface area (Å²) in [5, 5.41) is 1.12. The van der Waals surface area contributed by atoms with Gasteiger partial charge in [0, 0.05) is 47.1 Å². The van der Waals surface area contributed by atoms with E-state index in [9.17, 15) is 0 Å². The van der Waals surface area contributed by atoms with E-state index in [1.165, 1.54) is 12.1 Å². The quantitative estimate of drug-likeness (QED) is 0.928. The van der Waals surface area contributed by atoms with Gasteiger partial charge in [-0.05, 0) is 44.6 Å². The molecule has 0 amide bonds. The molecular weight excluding hydrogens is 284 g/mol. The van der Waals surface area contributed by atoms with Crippen molar-refractivity contribution in [3.8, 4) is 0 Å². The first-order valence-electron chi connectivity index (χ1n) is 8.22. The van der Waals surface area contributed by atoms with E-state index in [1.54, 1.807) is 0 Å². The van der Waals surface area contributed by atoms with Gasteiger partial charge in [0.2, 0.25) is 0 Å². The first kappa shape index (κ1) is 14.4. The van der Waals surface area contributed by atoms with Gasteiger partial charge in [-0.3, -0.25) is 9.98 Å². The summed E-state index contributed by atoms with van der Waals surface area (Å²) in [7, 11) is 2.19. The number of para-hydroxylation sites is 1. The van der Waals surface area contributed by atoms with Gasteiger partial charge in [0.1, 0.15) is 0 Å². The van der Waals surface area contributed by atoms with Gasteiger partial charge >= 0.3 is 0 Å². The number of rotatable bonds is 2. The molecule has 4 heteroatoms. The normalized spacial score (nSPS) is 25.4. The highest BCUT2D eigenvalue weighted by Crippen LogP contribution is 2.39. The van der Waals surface area contributed by atoms with Gasteiger partial charge in [0.05, 0.1) is 5.52 Å². The van der Waals surface area contributed by atoms with Gasteiger partial charge in [-0.2, -0.15) is 0 Å². The Bertz CT molecular complexity index is 808. The Balaban J connectivity index is 1.67. The molecule has 2 aliphatic rings. The summed E-state index contributed by atoms with van der Waals surface area (Å²) in [6, 6.07) is 10.2. The summed E-state index contributed by atoms with van der Waals surface area (Å²) in [6.07, 6.45) is 6.27. The largest absolute Gasteiger partial charge is 0.398 e. The summed E-state index contributed by atoms with van der Waals surface area (Å²) in [4.78, 5) is 11.6. The van der Waals surface area contributed by atoms with E-state index in [1.807, 2.05) is 24.4 Å². The van der Waals surface area contributed by atoms with Crippen LogP contribution in [0.3, 0.4) is 0 Å². The maximum absolute atomic E-state index is 6.38. The second kappa shape index (κ2) is 5.46. The molecule has 0 bridgehead atoms. The summed E-state index contributed by atoms with van der Waals surface area (Å²) >= 11 is 0. The van der Waals surface area contributed by atoms with Crippen LogP contribution in [-0.2, 0) is 0 Å². The average Bonchev–Trinajstić information content (AvgIpc) is 3.13. The molecule has 1 spiro atoms. The van der Waals surface area contributed by atoms with Crippen molar-refractivity contribution in [2.75, 3.05) is 26.7 Å². The van der Waals surface area contributed by atoms with Gasteiger partial charge in [0.15, 0.2) is 0 Å². The van der Waals surface area contributed by atoms with Gasteiger partial charge in [-0.1, -0.05) is 18.2 Å². The topological polar surface area (TPSA) is 54.5 Å². The van der Waals surface area contributed by atoms with Crippen LogP contribution < -0.4 is 5.73 Å². The molecule has 4 nitrogen and oxygen atoms in total. The lowest BCUT2D eigenvalue weighted by Crippen LogP contribution is -2.30. The van der Waals surface area contributed by atoms with Crippen LogP contribution in [0.1, 0.15) is 18.4 Å². The third-order valence-corrected chi connectivity index (χ3v) is 5.18. The number of hydrogen-bond acceptors (Lipinski definition) is 4. The van der Waals surface area contributed by atoms with Crippen molar-refractivity contribution >= 4 is 22.3 Å². The molecule has 0 aliphatic carbocycles. The molecule has 1 saturated heterocycles. The standard InChI is InChI=1S/C19H22N4/c1-23-9-7-19(13-23)6-8-21-18(19)11-16(20)15-10-14-4-2-3-5-17(14)22-12-15/h2-5,10-12H,6-9,13,20H2,1H3. The van der Waals surface area contributed by atoms with Crippen molar-refractivity contribution in [1.82, 2.24) is 9.88 Å². The second-order valence-corrected chi connectivity index (χ2v) is 6.80. The van der Waals surface area contributed by atoms with Crippen LogP contribution >= 0.6 is 0 Å². The Labute approximate surface area is 136 Å². The lowest BCUT2D eigenvalue weighted by Gasteiger charge is -2.24. The van der Waals surface area contributed by atoms with Crippen LogP contribution in [0, 0.1) is 5.41 Å². The smallest absolute Gasteiger partial charge is 0.0702 e. The summed E-state index contributed by atoms with van der Waals surface area (Å²) in [5.74, 6) is 0. The van der Waals surface area contributed by atoms with Crippen LogP contribution in [0.2, 0.25) is 0 Å². The third kappa shape index (κ3) is 2.53. The maximum Gasteiger partial charge on any atom is 0.0702 e. The molecule has 4 rings (SSSR count). The predicted molar refractivity (Wildman–Crippen MR) is 95.4 cm³/mol. The highest BCUT2D eigenvalue weighted by Gasteiger charge is 2.42. The van der Waals surface area contributed by atoms with Crippen molar-refractivity contribution in [2.45, 2.75) is 12.8 Å². The van der Waals surface area contributed by atoms with Crippen LogP contribution in [-0.4, -0.2) is 42.3 Å². The van der Waals surface area contributed by atoms with E-state index in [0.717, 1.165) is 48.2 Å². The average molecular weight is 306 g/mol. The number of hydrogen-bond donors (Lipinski definition) is 1. The zero-order valence-electron chi connectivity index (χ0n) is 13.5. The van der Waals surface area contributed by atoms with Crippen molar-refractivity contribution in [3.05, 3.63) is 48.2 Å². The number of likely N-dealkylation sites (tertiary alicyclic amines) is 1. The first-order valence-corrected chi connectivity index (χ1v) is 8.22. The van der Waals surface area contributed by atoms with Crippen molar-refractivity contribution in [3.63, 3.8) is 0 Å². The summed E-state index contributed by atoms with van der Waals surface area (Å²) in [5.41, 5.74) is 10.5. The lowest BCUT2D eigenvalue weighted by molar-refractivity contribution is 0.363. The van der Waals surface area contributed by atoms with E-state index in [0.29, 0.717) is 0 Å². The van der Waals surface area contributed by atoms with Crippen LogP contribution in [0.4, 0.5) is 0 Å². The fourth-order valence-corrected chi connectivity index (χ4v) is 3.84. The Morgan fingerprint density at radius 2 is 2.17 bits per heavy atom. The van der Waals surface area contributed by atoms with E-state index in [4.69, 9.17) is 10.7 Å². The summed E-state index contributed by atoms with van der Waals surface area (Å²) < 4.78 is 0. The molecule has 23 heavy (non-hydrogen) atoms. The van der Waals surface area contributed by atoms with E-state index < -0.39 is 0 Å². The second-order valence-electron chi connectivity index (χ2n) is 6.80. The molecule has 2 N–H and O–H groups in total. The van der Waals surface area contributed by atoms with Gasteiger partial charge in [-0.25, -0.2) is 0 Å². The number of allylic oxidation sites excluding steroid dienone is 1. The Hall–Kier alpha value is -2.20. The SMILES string of the molecule is CN1CCC2(CCN=C2C=C(N)c2cnc3ccccc3c2)C1. The number of aliphatic imine (C=N–C) groups is 1. The number of pyridine rings is 1. The van der Waals surface area contributed by atoms with E-state index in [2.05, 4.69) is 35.1 Å².